The van der Waals surface area contributed by atoms with E-state index in [1.807, 2.05) is 18.2 Å². The van der Waals surface area contributed by atoms with Crippen molar-refractivity contribution in [2.45, 2.75) is 12.8 Å². The van der Waals surface area contributed by atoms with Crippen molar-refractivity contribution in [2.75, 3.05) is 32.0 Å². The van der Waals surface area contributed by atoms with Crippen LogP contribution in [0.2, 0.25) is 0 Å². The van der Waals surface area contributed by atoms with Crippen LogP contribution in [0.15, 0.2) is 22.7 Å². The highest BCUT2D eigenvalue weighted by Gasteiger charge is 2.17. The lowest BCUT2D eigenvalue weighted by Gasteiger charge is -2.30. The Hall–Kier alpha value is -0.650. The van der Waals surface area contributed by atoms with Gasteiger partial charge in [-0.25, -0.2) is 0 Å². The molecule has 3 nitrogen and oxygen atoms in total. The number of benzene rings is 1. The van der Waals surface area contributed by atoms with Gasteiger partial charge in [0, 0.05) is 28.8 Å². The summed E-state index contributed by atoms with van der Waals surface area (Å²) >= 11 is 8.63. The summed E-state index contributed by atoms with van der Waals surface area (Å²) in [5.74, 6) is 0.692. The molecule has 2 rings (SSSR count). The molecule has 1 unspecified atom stereocenters. The standard InChI is InChI=1S/C14H20BrN3S/c1-18-7-3-4-10(9-18)8-17-12-6-2-5-11(15)13(12)14(16)19/h2,5-6,10,17H,3-4,7-9H2,1H3,(H2,16,19). The molecule has 0 radical (unpaired) electrons. The Labute approximate surface area is 128 Å². The van der Waals surface area contributed by atoms with Crippen LogP contribution in [-0.2, 0) is 0 Å². The van der Waals surface area contributed by atoms with Gasteiger partial charge in [-0.1, -0.05) is 18.3 Å². The molecule has 0 saturated carbocycles. The minimum Gasteiger partial charge on any atom is -0.389 e. The quantitative estimate of drug-likeness (QED) is 0.826. The lowest BCUT2D eigenvalue weighted by atomic mass is 9.98. The van der Waals surface area contributed by atoms with E-state index >= 15 is 0 Å². The number of piperidine rings is 1. The van der Waals surface area contributed by atoms with Gasteiger partial charge in [0.1, 0.15) is 4.99 Å². The van der Waals surface area contributed by atoms with Gasteiger partial charge in [-0.2, -0.15) is 0 Å². The van der Waals surface area contributed by atoms with Crippen LogP contribution in [0.1, 0.15) is 18.4 Å². The monoisotopic (exact) mass is 341 g/mol. The fraction of sp³-hybridized carbons (Fsp3) is 0.500. The molecule has 1 fully saturated rings. The van der Waals surface area contributed by atoms with Crippen molar-refractivity contribution in [1.29, 1.82) is 0 Å². The molecule has 0 aromatic heterocycles. The van der Waals surface area contributed by atoms with Crippen LogP contribution < -0.4 is 11.1 Å². The van der Waals surface area contributed by atoms with Crippen LogP contribution in [-0.4, -0.2) is 36.6 Å². The molecule has 104 valence electrons. The Morgan fingerprint density at radius 2 is 2.37 bits per heavy atom. The summed E-state index contributed by atoms with van der Waals surface area (Å²) < 4.78 is 0.950. The summed E-state index contributed by atoms with van der Waals surface area (Å²) in [5.41, 5.74) is 7.73. The maximum absolute atomic E-state index is 5.80. The van der Waals surface area contributed by atoms with Crippen LogP contribution in [0.25, 0.3) is 0 Å². The minimum absolute atomic E-state index is 0.427. The lowest BCUT2D eigenvalue weighted by Crippen LogP contribution is -2.35. The van der Waals surface area contributed by atoms with Crippen molar-refractivity contribution in [3.05, 3.63) is 28.2 Å². The topological polar surface area (TPSA) is 41.3 Å². The molecule has 1 aliphatic rings. The number of hydrogen-bond donors (Lipinski definition) is 2. The highest BCUT2D eigenvalue weighted by atomic mass is 79.9. The van der Waals surface area contributed by atoms with E-state index < -0.39 is 0 Å². The van der Waals surface area contributed by atoms with Crippen LogP contribution >= 0.6 is 28.1 Å². The number of thiocarbonyl (C=S) groups is 1. The Balaban J connectivity index is 2.03. The molecule has 0 bridgehead atoms. The second-order valence-corrected chi connectivity index (χ2v) is 6.47. The summed E-state index contributed by atoms with van der Waals surface area (Å²) in [5, 5.41) is 3.50. The molecule has 19 heavy (non-hydrogen) atoms. The molecule has 1 aromatic carbocycles. The van der Waals surface area contributed by atoms with E-state index in [0.29, 0.717) is 10.9 Å². The normalized spacial score (nSPS) is 20.2. The van der Waals surface area contributed by atoms with E-state index in [1.165, 1.54) is 19.4 Å². The maximum atomic E-state index is 5.80. The summed E-state index contributed by atoms with van der Waals surface area (Å²) in [4.78, 5) is 2.82. The number of rotatable bonds is 4. The fourth-order valence-electron chi connectivity index (χ4n) is 2.62. The first-order valence-electron chi connectivity index (χ1n) is 6.58. The molecule has 0 spiro atoms. The van der Waals surface area contributed by atoms with E-state index in [2.05, 4.69) is 33.2 Å². The molecule has 1 atom stereocenters. The van der Waals surface area contributed by atoms with E-state index in [0.717, 1.165) is 28.8 Å². The van der Waals surface area contributed by atoms with E-state index in [-0.39, 0.29) is 0 Å². The number of nitrogens with one attached hydrogen (secondary N) is 1. The molecule has 1 heterocycles. The van der Waals surface area contributed by atoms with E-state index in [4.69, 9.17) is 18.0 Å². The first kappa shape index (κ1) is 14.8. The highest BCUT2D eigenvalue weighted by Crippen LogP contribution is 2.25. The predicted octanol–water partition coefficient (Wildman–Crippen LogP) is 2.84. The number of halogens is 1. The number of hydrogen-bond acceptors (Lipinski definition) is 3. The van der Waals surface area contributed by atoms with Gasteiger partial charge in [0.2, 0.25) is 0 Å². The smallest absolute Gasteiger partial charge is 0.107 e. The molecule has 1 saturated heterocycles. The fourth-order valence-corrected chi connectivity index (χ4v) is 3.55. The van der Waals surface area contributed by atoms with Gasteiger partial charge in [-0.3, -0.25) is 0 Å². The molecule has 0 amide bonds. The molecule has 3 N–H and O–H groups in total. The molecule has 1 aromatic rings. The van der Waals surface area contributed by atoms with Crippen LogP contribution in [0.3, 0.4) is 0 Å². The van der Waals surface area contributed by atoms with Crippen LogP contribution in [0, 0.1) is 5.92 Å². The van der Waals surface area contributed by atoms with Gasteiger partial charge in [0.25, 0.3) is 0 Å². The second kappa shape index (κ2) is 6.68. The molecule has 5 heteroatoms. The third-order valence-electron chi connectivity index (χ3n) is 3.56. The zero-order chi connectivity index (χ0) is 13.8. The molecular weight excluding hydrogens is 322 g/mol. The number of nitrogens with zero attached hydrogens (tertiary/aromatic N) is 1. The number of likely N-dealkylation sites (tertiary alicyclic amines) is 1. The Morgan fingerprint density at radius 1 is 1.58 bits per heavy atom. The van der Waals surface area contributed by atoms with Gasteiger partial charge in [-0.05, 0) is 60.4 Å². The molecule has 1 aliphatic heterocycles. The average molecular weight is 342 g/mol. The van der Waals surface area contributed by atoms with Crippen molar-refractivity contribution >= 4 is 38.8 Å². The predicted molar refractivity (Wildman–Crippen MR) is 88.7 cm³/mol. The Bertz CT molecular complexity index is 464. The maximum Gasteiger partial charge on any atom is 0.107 e. The van der Waals surface area contributed by atoms with Gasteiger partial charge >= 0.3 is 0 Å². The van der Waals surface area contributed by atoms with Gasteiger partial charge in [0.15, 0.2) is 0 Å². The van der Waals surface area contributed by atoms with E-state index in [1.54, 1.807) is 0 Å². The van der Waals surface area contributed by atoms with Crippen LogP contribution in [0.5, 0.6) is 0 Å². The van der Waals surface area contributed by atoms with Gasteiger partial charge < -0.3 is 16.0 Å². The third kappa shape index (κ3) is 3.91. The number of nitrogens with two attached hydrogens (primary N) is 1. The van der Waals surface area contributed by atoms with Gasteiger partial charge in [-0.15, -0.1) is 0 Å². The van der Waals surface area contributed by atoms with Gasteiger partial charge in [0.05, 0.1) is 0 Å². The average Bonchev–Trinajstić information content (AvgIpc) is 2.36. The van der Waals surface area contributed by atoms with Crippen molar-refractivity contribution in [3.63, 3.8) is 0 Å². The van der Waals surface area contributed by atoms with Crippen LogP contribution in [0.4, 0.5) is 5.69 Å². The molecule has 0 aliphatic carbocycles. The summed E-state index contributed by atoms with van der Waals surface area (Å²) in [6.45, 7) is 3.34. The largest absolute Gasteiger partial charge is 0.389 e. The van der Waals surface area contributed by atoms with Crippen molar-refractivity contribution in [1.82, 2.24) is 4.90 Å². The summed E-state index contributed by atoms with van der Waals surface area (Å²) in [6.07, 6.45) is 2.57. The Kier molecular flexibility index (Phi) is 5.19. The molecular formula is C14H20BrN3S. The van der Waals surface area contributed by atoms with Crippen molar-refractivity contribution in [3.8, 4) is 0 Å². The highest BCUT2D eigenvalue weighted by molar-refractivity contribution is 9.10. The zero-order valence-corrected chi connectivity index (χ0v) is 13.6. The number of anilines is 1. The zero-order valence-electron chi connectivity index (χ0n) is 11.2. The first-order chi connectivity index (χ1) is 9.08. The summed E-state index contributed by atoms with van der Waals surface area (Å²) in [6, 6.07) is 6.00. The lowest BCUT2D eigenvalue weighted by molar-refractivity contribution is 0.217. The Morgan fingerprint density at radius 3 is 3.05 bits per heavy atom. The SMILES string of the molecule is CN1CCCC(CNc2cccc(Br)c2C(N)=S)C1. The van der Waals surface area contributed by atoms with Crippen molar-refractivity contribution < 1.29 is 0 Å². The second-order valence-electron chi connectivity index (χ2n) is 5.18. The first-order valence-corrected chi connectivity index (χ1v) is 7.79. The van der Waals surface area contributed by atoms with Crippen molar-refractivity contribution in [2.24, 2.45) is 11.7 Å². The summed E-state index contributed by atoms with van der Waals surface area (Å²) in [7, 11) is 2.19. The minimum atomic E-state index is 0.427. The third-order valence-corrected chi connectivity index (χ3v) is 4.43. The van der Waals surface area contributed by atoms with E-state index in [9.17, 15) is 0 Å².